The Hall–Kier alpha value is -0.620. The van der Waals surface area contributed by atoms with Gasteiger partial charge in [-0.15, -0.1) is 35.3 Å². The highest BCUT2D eigenvalue weighted by molar-refractivity contribution is 14.0. The van der Waals surface area contributed by atoms with Gasteiger partial charge in [0.05, 0.1) is 12.6 Å². The van der Waals surface area contributed by atoms with Gasteiger partial charge in [0.15, 0.2) is 11.7 Å². The molecule has 5 nitrogen and oxygen atoms in total. The second-order valence-electron chi connectivity index (χ2n) is 4.75. The topological polar surface area (TPSA) is 58.5 Å². The minimum absolute atomic E-state index is 0. The molecule has 0 aliphatic heterocycles. The maximum Gasteiger partial charge on any atom is 0.434 e. The standard InChI is InChI=1S/C13H21F3N4OS.HI/c1-9(2)21-6-4-5-18-12(17-3)19-7-11-20-10(8-22-11)13(14,15)16;/h8-9H,4-7H2,1-3H3,(H2,17,18,19);1H. The molecule has 0 fully saturated rings. The third-order valence-corrected chi connectivity index (χ3v) is 3.39. The van der Waals surface area contributed by atoms with E-state index in [-0.39, 0.29) is 36.6 Å². The van der Waals surface area contributed by atoms with Gasteiger partial charge in [-0.05, 0) is 20.3 Å². The smallest absolute Gasteiger partial charge is 0.379 e. The summed E-state index contributed by atoms with van der Waals surface area (Å²) in [5.41, 5.74) is -0.858. The van der Waals surface area contributed by atoms with Gasteiger partial charge in [0.1, 0.15) is 5.01 Å². The Balaban J connectivity index is 0.00000484. The molecule has 0 unspecified atom stereocenters. The summed E-state index contributed by atoms with van der Waals surface area (Å²) in [7, 11) is 1.60. The average Bonchev–Trinajstić information content (AvgIpc) is 2.90. The van der Waals surface area contributed by atoms with Crippen molar-refractivity contribution >= 4 is 41.3 Å². The van der Waals surface area contributed by atoms with Crippen LogP contribution in [-0.4, -0.2) is 37.2 Å². The molecule has 0 atom stereocenters. The summed E-state index contributed by atoms with van der Waals surface area (Å²) < 4.78 is 42.7. The van der Waals surface area contributed by atoms with E-state index >= 15 is 0 Å². The van der Waals surface area contributed by atoms with Gasteiger partial charge in [0, 0.05) is 25.6 Å². The summed E-state index contributed by atoms with van der Waals surface area (Å²) in [6.07, 6.45) is -3.38. The number of hydrogen-bond acceptors (Lipinski definition) is 4. The third-order valence-electron chi connectivity index (χ3n) is 2.54. The first-order valence-corrected chi connectivity index (χ1v) is 7.78. The van der Waals surface area contributed by atoms with Crippen molar-refractivity contribution in [3.63, 3.8) is 0 Å². The van der Waals surface area contributed by atoms with Gasteiger partial charge >= 0.3 is 6.18 Å². The van der Waals surface area contributed by atoms with Gasteiger partial charge in [0.25, 0.3) is 0 Å². The zero-order valence-corrected chi connectivity index (χ0v) is 16.4. The maximum absolute atomic E-state index is 12.4. The second-order valence-corrected chi connectivity index (χ2v) is 5.69. The largest absolute Gasteiger partial charge is 0.434 e. The summed E-state index contributed by atoms with van der Waals surface area (Å²) in [6.45, 7) is 5.44. The second kappa shape index (κ2) is 11.0. The molecule has 23 heavy (non-hydrogen) atoms. The lowest BCUT2D eigenvalue weighted by Crippen LogP contribution is -2.37. The Kier molecular flexibility index (Phi) is 10.7. The number of ether oxygens (including phenoxy) is 1. The lowest BCUT2D eigenvalue weighted by Gasteiger charge is -2.11. The summed E-state index contributed by atoms with van der Waals surface area (Å²) in [6, 6.07) is 0. The van der Waals surface area contributed by atoms with Crippen LogP contribution in [0.2, 0.25) is 0 Å². The number of nitrogens with one attached hydrogen (secondary N) is 2. The molecule has 10 heteroatoms. The maximum atomic E-state index is 12.4. The highest BCUT2D eigenvalue weighted by atomic mass is 127. The number of nitrogens with zero attached hydrogens (tertiary/aromatic N) is 2. The highest BCUT2D eigenvalue weighted by Gasteiger charge is 2.33. The van der Waals surface area contributed by atoms with E-state index in [1.54, 1.807) is 7.05 Å². The Morgan fingerprint density at radius 1 is 1.39 bits per heavy atom. The van der Waals surface area contributed by atoms with Gasteiger partial charge in [-0.1, -0.05) is 0 Å². The SMILES string of the molecule is CN=C(NCCCOC(C)C)NCc1nc(C(F)(F)F)cs1.I. The van der Waals surface area contributed by atoms with Crippen LogP contribution in [0.3, 0.4) is 0 Å². The number of hydrogen-bond donors (Lipinski definition) is 2. The van der Waals surface area contributed by atoms with Gasteiger partial charge in [-0.25, -0.2) is 4.98 Å². The fourth-order valence-corrected chi connectivity index (χ4v) is 2.24. The third kappa shape index (κ3) is 9.30. The number of aromatic nitrogens is 1. The van der Waals surface area contributed by atoms with Crippen LogP contribution in [0.1, 0.15) is 31.0 Å². The molecular weight excluding hydrogens is 444 g/mol. The number of alkyl halides is 3. The highest BCUT2D eigenvalue weighted by Crippen LogP contribution is 2.29. The predicted molar refractivity (Wildman–Crippen MR) is 96.4 cm³/mol. The van der Waals surface area contributed by atoms with Crippen molar-refractivity contribution in [3.8, 4) is 0 Å². The molecule has 1 heterocycles. The van der Waals surface area contributed by atoms with Crippen LogP contribution in [0.4, 0.5) is 13.2 Å². The van der Waals surface area contributed by atoms with E-state index in [1.165, 1.54) is 0 Å². The van der Waals surface area contributed by atoms with Gasteiger partial charge < -0.3 is 15.4 Å². The molecule has 1 aromatic rings. The van der Waals surface area contributed by atoms with Crippen molar-refractivity contribution < 1.29 is 17.9 Å². The van der Waals surface area contributed by atoms with Crippen LogP contribution in [0.25, 0.3) is 0 Å². The first kappa shape index (κ1) is 22.4. The van der Waals surface area contributed by atoms with Crippen molar-refractivity contribution in [1.82, 2.24) is 15.6 Å². The van der Waals surface area contributed by atoms with E-state index in [9.17, 15) is 13.2 Å². The Labute approximate surface area is 155 Å². The minimum Gasteiger partial charge on any atom is -0.379 e. The van der Waals surface area contributed by atoms with Crippen LogP contribution < -0.4 is 10.6 Å². The minimum atomic E-state index is -4.40. The lowest BCUT2D eigenvalue weighted by molar-refractivity contribution is -0.140. The zero-order chi connectivity index (χ0) is 16.6. The quantitative estimate of drug-likeness (QED) is 0.281. The zero-order valence-electron chi connectivity index (χ0n) is 13.2. The van der Waals surface area contributed by atoms with E-state index in [0.717, 1.165) is 23.1 Å². The summed E-state index contributed by atoms with van der Waals surface area (Å²) >= 11 is 0.968. The molecule has 0 saturated carbocycles. The van der Waals surface area contributed by atoms with Gasteiger partial charge in [-0.3, -0.25) is 4.99 Å². The van der Waals surface area contributed by atoms with Crippen molar-refractivity contribution in [2.45, 2.75) is 39.1 Å². The molecule has 0 amide bonds. The summed E-state index contributed by atoms with van der Waals surface area (Å²) in [4.78, 5) is 7.54. The van der Waals surface area contributed by atoms with Crippen molar-refractivity contribution in [3.05, 3.63) is 16.1 Å². The van der Waals surface area contributed by atoms with E-state index in [1.807, 2.05) is 13.8 Å². The van der Waals surface area contributed by atoms with Crippen LogP contribution in [0.15, 0.2) is 10.4 Å². The molecule has 0 radical (unpaired) electrons. The van der Waals surface area contributed by atoms with Crippen LogP contribution in [-0.2, 0) is 17.5 Å². The normalized spacial score (nSPS) is 12.2. The molecule has 1 rings (SSSR count). The van der Waals surface area contributed by atoms with E-state index in [4.69, 9.17) is 4.74 Å². The van der Waals surface area contributed by atoms with Crippen LogP contribution >= 0.6 is 35.3 Å². The molecule has 0 aliphatic carbocycles. The van der Waals surface area contributed by atoms with Crippen molar-refractivity contribution in [1.29, 1.82) is 0 Å². The van der Waals surface area contributed by atoms with Gasteiger partial charge in [-0.2, -0.15) is 13.2 Å². The first-order chi connectivity index (χ1) is 10.3. The van der Waals surface area contributed by atoms with E-state index < -0.39 is 11.9 Å². The first-order valence-electron chi connectivity index (χ1n) is 6.90. The lowest BCUT2D eigenvalue weighted by atomic mass is 10.4. The summed E-state index contributed by atoms with van der Waals surface area (Å²) in [5.74, 6) is 0.522. The molecule has 0 aromatic carbocycles. The average molecular weight is 466 g/mol. The number of halogens is 4. The van der Waals surface area contributed by atoms with Crippen molar-refractivity contribution in [2.75, 3.05) is 20.2 Å². The molecule has 134 valence electrons. The van der Waals surface area contributed by atoms with Crippen molar-refractivity contribution in [2.24, 2.45) is 4.99 Å². The fraction of sp³-hybridized carbons (Fsp3) is 0.692. The fourth-order valence-electron chi connectivity index (χ4n) is 1.50. The molecule has 0 bridgehead atoms. The molecule has 1 aromatic heterocycles. The van der Waals surface area contributed by atoms with E-state index in [0.29, 0.717) is 24.1 Å². The summed E-state index contributed by atoms with van der Waals surface area (Å²) in [5, 5.41) is 7.36. The number of rotatable bonds is 7. The predicted octanol–water partition coefficient (Wildman–Crippen LogP) is 3.26. The molecule has 0 aliphatic rings. The molecule has 2 N–H and O–H groups in total. The van der Waals surface area contributed by atoms with E-state index in [2.05, 4.69) is 20.6 Å². The number of thiazole rings is 1. The van der Waals surface area contributed by atoms with Gasteiger partial charge in [0.2, 0.25) is 0 Å². The Morgan fingerprint density at radius 2 is 2.09 bits per heavy atom. The number of guanidine groups is 1. The molecule has 0 spiro atoms. The molecular formula is C13H22F3IN4OS. The van der Waals surface area contributed by atoms with Crippen LogP contribution in [0.5, 0.6) is 0 Å². The molecule has 0 saturated heterocycles. The number of aliphatic imine (C=N–C) groups is 1. The van der Waals surface area contributed by atoms with Crippen LogP contribution in [0, 0.1) is 0 Å². The monoisotopic (exact) mass is 466 g/mol. The Morgan fingerprint density at radius 3 is 2.61 bits per heavy atom. The Bertz CT molecular complexity index is 480.